The van der Waals surface area contributed by atoms with Crippen molar-refractivity contribution in [1.82, 2.24) is 25.1 Å². The van der Waals surface area contributed by atoms with Crippen molar-refractivity contribution in [3.05, 3.63) is 82.8 Å². The van der Waals surface area contributed by atoms with Crippen LogP contribution in [0.5, 0.6) is 0 Å². The Balaban J connectivity index is 1.14. The number of rotatable bonds is 8. The number of nitrogens with two attached hydrogens (primary N) is 1. The van der Waals surface area contributed by atoms with E-state index in [2.05, 4.69) is 33.8 Å². The van der Waals surface area contributed by atoms with Crippen LogP contribution in [0.15, 0.2) is 71.5 Å². The molecule has 6 rings (SSSR count). The lowest BCUT2D eigenvalue weighted by atomic mass is 9.81. The number of likely N-dealkylation sites (tertiary alicyclic amines) is 1. The van der Waals surface area contributed by atoms with Gasteiger partial charge in [0.05, 0.1) is 11.0 Å². The number of urea groups is 1. The highest BCUT2D eigenvalue weighted by atomic mass is 16.2. The first-order chi connectivity index (χ1) is 21.0. The van der Waals surface area contributed by atoms with Crippen LogP contribution >= 0.6 is 0 Å². The van der Waals surface area contributed by atoms with E-state index in [1.165, 1.54) is 0 Å². The van der Waals surface area contributed by atoms with Crippen LogP contribution in [-0.2, 0) is 11.2 Å². The minimum absolute atomic E-state index is 0.00955. The average molecular weight is 583 g/mol. The van der Waals surface area contributed by atoms with Crippen molar-refractivity contribution in [2.45, 2.75) is 57.0 Å². The van der Waals surface area contributed by atoms with Gasteiger partial charge in [-0.2, -0.15) is 0 Å². The second-order valence-corrected chi connectivity index (χ2v) is 12.3. The van der Waals surface area contributed by atoms with E-state index in [4.69, 9.17) is 5.73 Å². The fourth-order valence-electron chi connectivity index (χ4n) is 7.07. The summed E-state index contributed by atoms with van der Waals surface area (Å²) < 4.78 is 1.82. The number of imidazole rings is 1. The van der Waals surface area contributed by atoms with Crippen LogP contribution in [0.1, 0.15) is 50.1 Å². The van der Waals surface area contributed by atoms with Gasteiger partial charge in [0, 0.05) is 32.1 Å². The van der Waals surface area contributed by atoms with Crippen molar-refractivity contribution in [2.24, 2.45) is 17.6 Å². The number of carbonyl (C=O) groups excluding carboxylic acids is 2. The van der Waals surface area contributed by atoms with Crippen LogP contribution in [0.2, 0.25) is 0 Å². The van der Waals surface area contributed by atoms with E-state index in [1.54, 1.807) is 4.90 Å². The molecule has 2 aliphatic rings. The largest absolute Gasteiger partial charge is 0.354 e. The van der Waals surface area contributed by atoms with Gasteiger partial charge < -0.3 is 26.3 Å². The number of hydrogen-bond donors (Lipinski definition) is 4. The monoisotopic (exact) mass is 582 g/mol. The minimum Gasteiger partial charge on any atom is -0.354 e. The van der Waals surface area contributed by atoms with Crippen LogP contribution in [0.4, 0.5) is 4.79 Å². The van der Waals surface area contributed by atoms with Crippen molar-refractivity contribution >= 4 is 33.7 Å². The van der Waals surface area contributed by atoms with Crippen LogP contribution < -0.4 is 22.1 Å². The number of nitrogens with one attached hydrogen (secondary N) is 3. The van der Waals surface area contributed by atoms with Gasteiger partial charge in [0.15, 0.2) is 0 Å². The van der Waals surface area contributed by atoms with Crippen molar-refractivity contribution in [2.75, 3.05) is 26.2 Å². The molecule has 3 aromatic carbocycles. The number of aromatic amines is 1. The first-order valence-corrected chi connectivity index (χ1v) is 15.7. The smallest absolute Gasteiger partial charge is 0.326 e. The van der Waals surface area contributed by atoms with E-state index >= 15 is 0 Å². The summed E-state index contributed by atoms with van der Waals surface area (Å²) in [6.07, 6.45) is 6.15. The molecule has 3 amide bonds. The number of benzene rings is 3. The zero-order chi connectivity index (χ0) is 29.8. The molecule has 1 aromatic heterocycles. The second-order valence-electron chi connectivity index (χ2n) is 12.3. The van der Waals surface area contributed by atoms with Gasteiger partial charge in [-0.05, 0) is 79.0 Å². The van der Waals surface area contributed by atoms with E-state index in [1.807, 2.05) is 53.1 Å². The molecule has 9 heteroatoms. The number of fused-ring (bicyclic) bond motifs is 2. The lowest BCUT2D eigenvalue weighted by Gasteiger charge is -2.34. The predicted octanol–water partition coefficient (Wildman–Crippen LogP) is 4.32. The van der Waals surface area contributed by atoms with Crippen molar-refractivity contribution in [3.8, 4) is 0 Å². The summed E-state index contributed by atoms with van der Waals surface area (Å²) in [6.45, 7) is 2.30. The SMILES string of the molecule is NC[C@H]1CCC[C@@H](CNC(=O)[C@@H](Cc2cccc3ccccc23)NC(=O)N2CCC(n3c(=O)[nH]c4ccccc43)CC2)C1. The molecule has 1 saturated heterocycles. The maximum Gasteiger partial charge on any atom is 0.326 e. The molecule has 3 atom stereocenters. The number of carbonyl (C=O) groups is 2. The van der Waals surface area contributed by atoms with Gasteiger partial charge in [0.25, 0.3) is 0 Å². The molecule has 43 heavy (non-hydrogen) atoms. The second kappa shape index (κ2) is 13.0. The first kappa shape index (κ1) is 29.0. The van der Waals surface area contributed by atoms with Gasteiger partial charge in [0.1, 0.15) is 6.04 Å². The third kappa shape index (κ3) is 6.46. The molecule has 9 nitrogen and oxygen atoms in total. The van der Waals surface area contributed by atoms with Gasteiger partial charge in [-0.3, -0.25) is 9.36 Å². The fourth-order valence-corrected chi connectivity index (χ4v) is 7.07. The molecule has 1 aliphatic heterocycles. The van der Waals surface area contributed by atoms with Crippen molar-refractivity contribution in [3.63, 3.8) is 0 Å². The topological polar surface area (TPSA) is 125 Å². The quantitative estimate of drug-likeness (QED) is 0.247. The molecular formula is C34H42N6O3. The Hall–Kier alpha value is -4.11. The van der Waals surface area contributed by atoms with Crippen molar-refractivity contribution < 1.29 is 9.59 Å². The van der Waals surface area contributed by atoms with Gasteiger partial charge in [-0.15, -0.1) is 0 Å². The molecule has 2 fully saturated rings. The third-order valence-corrected chi connectivity index (χ3v) is 9.45. The summed E-state index contributed by atoms with van der Waals surface area (Å²) in [4.78, 5) is 44.7. The molecular weight excluding hydrogens is 540 g/mol. The number of H-pyrrole nitrogens is 1. The highest BCUT2D eigenvalue weighted by molar-refractivity contribution is 5.90. The summed E-state index contributed by atoms with van der Waals surface area (Å²) in [5.41, 5.74) is 8.55. The zero-order valence-electron chi connectivity index (χ0n) is 24.6. The Morgan fingerprint density at radius 3 is 2.51 bits per heavy atom. The number of hydrogen-bond acceptors (Lipinski definition) is 4. The number of nitrogens with zero attached hydrogens (tertiary/aromatic N) is 2. The van der Waals surface area contributed by atoms with E-state index < -0.39 is 6.04 Å². The average Bonchev–Trinajstić information content (AvgIpc) is 3.39. The molecule has 226 valence electrons. The maximum atomic E-state index is 13.7. The number of aromatic nitrogens is 2. The molecule has 5 N–H and O–H groups in total. The van der Waals surface area contributed by atoms with E-state index in [9.17, 15) is 14.4 Å². The van der Waals surface area contributed by atoms with Crippen LogP contribution in [0, 0.1) is 11.8 Å². The highest BCUT2D eigenvalue weighted by Gasteiger charge is 2.30. The van der Waals surface area contributed by atoms with Gasteiger partial charge in [0.2, 0.25) is 5.91 Å². The van der Waals surface area contributed by atoms with Gasteiger partial charge in [-0.25, -0.2) is 9.59 Å². The van der Waals surface area contributed by atoms with E-state index in [-0.39, 0.29) is 23.7 Å². The van der Waals surface area contributed by atoms with Crippen molar-refractivity contribution in [1.29, 1.82) is 0 Å². The van der Waals surface area contributed by atoms with Gasteiger partial charge in [-0.1, -0.05) is 61.0 Å². The van der Waals surface area contributed by atoms with E-state index in [0.29, 0.717) is 57.3 Å². The fraction of sp³-hybridized carbons (Fsp3) is 0.441. The summed E-state index contributed by atoms with van der Waals surface area (Å²) >= 11 is 0. The van der Waals surface area contributed by atoms with Gasteiger partial charge >= 0.3 is 11.7 Å². The Labute approximate surface area is 251 Å². The predicted molar refractivity (Wildman–Crippen MR) is 170 cm³/mol. The number of amides is 3. The van der Waals surface area contributed by atoms with Crippen LogP contribution in [0.3, 0.4) is 0 Å². The first-order valence-electron chi connectivity index (χ1n) is 15.7. The van der Waals surface area contributed by atoms with Crippen LogP contribution in [-0.4, -0.2) is 58.6 Å². The number of piperidine rings is 1. The summed E-state index contributed by atoms with van der Waals surface area (Å²) in [5, 5.41) is 8.44. The molecule has 0 bridgehead atoms. The van der Waals surface area contributed by atoms with Crippen LogP contribution in [0.25, 0.3) is 21.8 Å². The lowest BCUT2D eigenvalue weighted by Crippen LogP contribution is -2.54. The zero-order valence-corrected chi connectivity index (χ0v) is 24.6. The summed E-state index contributed by atoms with van der Waals surface area (Å²) in [7, 11) is 0. The standard InChI is InChI=1S/C34H42N6O3/c35-21-23-7-5-8-24(19-23)22-36-32(41)30(20-26-11-6-10-25-9-1-2-12-28(25)26)38-33(42)39-17-15-27(16-18-39)40-31-14-4-3-13-29(31)37-34(40)43/h1-4,6,9-14,23-24,27,30H,5,7-8,15-22,35H2,(H,36,41)(H,37,43)(H,38,42)/t23-,24+,30+/m0/s1. The molecule has 1 saturated carbocycles. The lowest BCUT2D eigenvalue weighted by molar-refractivity contribution is -0.123. The Bertz CT molecular complexity index is 1630. The Morgan fingerprint density at radius 1 is 0.930 bits per heavy atom. The molecule has 4 aromatic rings. The Morgan fingerprint density at radius 2 is 1.67 bits per heavy atom. The highest BCUT2D eigenvalue weighted by Crippen LogP contribution is 2.28. The summed E-state index contributed by atoms with van der Waals surface area (Å²) in [6, 6.07) is 21.0. The molecule has 0 radical (unpaired) electrons. The number of para-hydroxylation sites is 2. The summed E-state index contributed by atoms with van der Waals surface area (Å²) in [5.74, 6) is 0.772. The molecule has 0 spiro atoms. The normalized spacial score (nSPS) is 20.3. The molecule has 2 heterocycles. The Kier molecular flexibility index (Phi) is 8.79. The molecule has 1 aliphatic carbocycles. The molecule has 0 unspecified atom stereocenters. The van der Waals surface area contributed by atoms with E-state index in [0.717, 1.165) is 53.1 Å². The maximum absolute atomic E-state index is 13.7. The third-order valence-electron chi connectivity index (χ3n) is 9.45. The minimum atomic E-state index is -0.707.